The lowest BCUT2D eigenvalue weighted by atomic mass is 10.0. The standard InChI is InChI=1S/C35H46FN3O8S2/c1-24-9-14-31(15-10-24)49(44,45)38(5)22-34-25(2)21-39(26(3)23-40)35(41)32-20-29(37-48(42,43)30-16-11-28(36)12-17-30)13-18-33(32)47-27(4)8-6-7-19-46-34/h9-18,20,25-27,34,37,40H,6-8,19,21-23H2,1-5H3/t25-,26+,27-,34-/m0/s1. The first-order valence-electron chi connectivity index (χ1n) is 16.3. The van der Waals surface area contributed by atoms with Crippen molar-refractivity contribution in [2.24, 2.45) is 5.92 Å². The van der Waals surface area contributed by atoms with Crippen LogP contribution in [0.5, 0.6) is 5.75 Å². The highest BCUT2D eigenvalue weighted by Gasteiger charge is 2.32. The van der Waals surface area contributed by atoms with E-state index in [0.717, 1.165) is 36.2 Å². The molecule has 0 saturated heterocycles. The van der Waals surface area contributed by atoms with Gasteiger partial charge in [0.15, 0.2) is 0 Å². The van der Waals surface area contributed by atoms with E-state index in [1.807, 2.05) is 20.8 Å². The number of fused-ring (bicyclic) bond motifs is 1. The first-order chi connectivity index (χ1) is 23.1. The molecule has 11 nitrogen and oxygen atoms in total. The number of rotatable bonds is 9. The van der Waals surface area contributed by atoms with Crippen molar-refractivity contribution in [2.45, 2.75) is 75.0 Å². The highest BCUT2D eigenvalue weighted by molar-refractivity contribution is 7.92. The third-order valence-corrected chi connectivity index (χ3v) is 11.8. The number of sulfonamides is 2. The minimum atomic E-state index is -4.12. The topological polar surface area (TPSA) is 143 Å². The average molecular weight is 720 g/mol. The molecule has 0 fully saturated rings. The number of hydrogen-bond donors (Lipinski definition) is 2. The van der Waals surface area contributed by atoms with Crippen LogP contribution < -0.4 is 9.46 Å². The molecule has 0 saturated carbocycles. The van der Waals surface area contributed by atoms with E-state index < -0.39 is 43.9 Å². The minimum Gasteiger partial charge on any atom is -0.490 e. The zero-order valence-electron chi connectivity index (χ0n) is 28.5. The van der Waals surface area contributed by atoms with Gasteiger partial charge in [-0.2, -0.15) is 4.31 Å². The number of hydrogen-bond acceptors (Lipinski definition) is 8. The fourth-order valence-corrected chi connectivity index (χ4v) is 7.75. The number of likely N-dealkylation sites (N-methyl/N-ethyl adjacent to an activating group) is 1. The molecule has 0 unspecified atom stereocenters. The Morgan fingerprint density at radius 2 is 1.65 bits per heavy atom. The van der Waals surface area contributed by atoms with Crippen LogP contribution in [-0.4, -0.2) is 88.7 Å². The maximum Gasteiger partial charge on any atom is 0.261 e. The molecular formula is C35H46FN3O8S2. The largest absolute Gasteiger partial charge is 0.490 e. The third kappa shape index (κ3) is 9.79. The number of ether oxygens (including phenoxy) is 2. The first kappa shape index (κ1) is 38.2. The lowest BCUT2D eigenvalue weighted by Gasteiger charge is -2.35. The van der Waals surface area contributed by atoms with E-state index in [1.165, 1.54) is 34.5 Å². The van der Waals surface area contributed by atoms with E-state index in [4.69, 9.17) is 9.47 Å². The summed E-state index contributed by atoms with van der Waals surface area (Å²) in [6, 6.07) is 14.7. The van der Waals surface area contributed by atoms with Gasteiger partial charge in [-0.25, -0.2) is 21.2 Å². The summed E-state index contributed by atoms with van der Waals surface area (Å²) in [6.07, 6.45) is 1.16. The van der Waals surface area contributed by atoms with Gasteiger partial charge in [0.05, 0.1) is 40.2 Å². The number of aryl methyl sites for hydroxylation is 1. The molecule has 2 N–H and O–H groups in total. The molecule has 0 spiro atoms. The average Bonchev–Trinajstić information content (AvgIpc) is 3.06. The Kier molecular flexibility index (Phi) is 12.8. The van der Waals surface area contributed by atoms with E-state index in [2.05, 4.69) is 4.72 Å². The number of carbonyl (C=O) groups excluding carboxylic acids is 1. The second-order valence-corrected chi connectivity index (χ2v) is 16.4. The maximum absolute atomic E-state index is 14.4. The molecule has 14 heteroatoms. The molecule has 268 valence electrons. The van der Waals surface area contributed by atoms with Crippen LogP contribution in [-0.2, 0) is 24.8 Å². The van der Waals surface area contributed by atoms with Crippen molar-refractivity contribution in [2.75, 3.05) is 38.1 Å². The molecule has 3 aromatic carbocycles. The predicted octanol–water partition coefficient (Wildman–Crippen LogP) is 5.05. The number of aliphatic hydroxyl groups is 1. The quantitative estimate of drug-likeness (QED) is 0.313. The molecule has 0 aliphatic carbocycles. The van der Waals surface area contributed by atoms with E-state index >= 15 is 0 Å². The summed E-state index contributed by atoms with van der Waals surface area (Å²) in [5.74, 6) is -1.24. The molecule has 0 radical (unpaired) electrons. The first-order valence-corrected chi connectivity index (χ1v) is 19.2. The molecule has 0 bridgehead atoms. The zero-order valence-corrected chi connectivity index (χ0v) is 30.1. The number of anilines is 1. The molecule has 0 aromatic heterocycles. The van der Waals surface area contributed by atoms with Crippen molar-refractivity contribution in [1.29, 1.82) is 0 Å². The Morgan fingerprint density at radius 1 is 1.00 bits per heavy atom. The van der Waals surface area contributed by atoms with Gasteiger partial charge in [-0.3, -0.25) is 9.52 Å². The molecule has 3 aromatic rings. The Morgan fingerprint density at radius 3 is 2.31 bits per heavy atom. The fraction of sp³-hybridized carbons (Fsp3) is 0.457. The fourth-order valence-electron chi connectivity index (χ4n) is 5.52. The minimum absolute atomic E-state index is 0.0261. The van der Waals surface area contributed by atoms with Gasteiger partial charge < -0.3 is 19.5 Å². The Balaban J connectivity index is 1.67. The predicted molar refractivity (Wildman–Crippen MR) is 185 cm³/mol. The number of nitrogens with one attached hydrogen (secondary N) is 1. The smallest absolute Gasteiger partial charge is 0.261 e. The van der Waals surface area contributed by atoms with Gasteiger partial charge in [0.2, 0.25) is 10.0 Å². The Hall–Kier alpha value is -3.56. The molecule has 1 heterocycles. The van der Waals surface area contributed by atoms with Crippen molar-refractivity contribution in [3.05, 3.63) is 83.7 Å². The normalized spacial score (nSPS) is 20.6. The van der Waals surface area contributed by atoms with Gasteiger partial charge in [-0.05, 0) is 94.6 Å². The number of benzene rings is 3. The second kappa shape index (κ2) is 16.4. The van der Waals surface area contributed by atoms with Crippen LogP contribution in [0, 0.1) is 18.7 Å². The summed E-state index contributed by atoms with van der Waals surface area (Å²) < 4.78 is 82.8. The van der Waals surface area contributed by atoms with E-state index in [9.17, 15) is 31.1 Å². The van der Waals surface area contributed by atoms with Gasteiger partial charge in [0.25, 0.3) is 15.9 Å². The summed E-state index contributed by atoms with van der Waals surface area (Å²) in [5, 5.41) is 10.2. The van der Waals surface area contributed by atoms with E-state index in [1.54, 1.807) is 31.2 Å². The summed E-state index contributed by atoms with van der Waals surface area (Å²) in [6.45, 7) is 7.41. The van der Waals surface area contributed by atoms with Crippen molar-refractivity contribution in [3.63, 3.8) is 0 Å². The molecular weight excluding hydrogens is 674 g/mol. The lowest BCUT2D eigenvalue weighted by molar-refractivity contribution is -0.00833. The SMILES string of the molecule is Cc1ccc(S(=O)(=O)N(C)C[C@@H]2OCCCC[C@H](C)Oc3ccc(NS(=O)(=O)c4ccc(F)cc4)cc3C(=O)N([C@H](C)CO)C[C@@H]2C)cc1. The zero-order chi connectivity index (χ0) is 35.9. The van der Waals surface area contributed by atoms with Crippen LogP contribution in [0.1, 0.15) is 56.0 Å². The monoisotopic (exact) mass is 719 g/mol. The van der Waals surface area contributed by atoms with Crippen LogP contribution in [0.3, 0.4) is 0 Å². The highest BCUT2D eigenvalue weighted by Crippen LogP contribution is 2.30. The number of aliphatic hydroxyl groups excluding tert-OH is 1. The molecule has 1 aliphatic heterocycles. The third-order valence-electron chi connectivity index (χ3n) is 8.59. The second-order valence-electron chi connectivity index (χ2n) is 12.7. The molecule has 1 aliphatic rings. The number of nitrogens with zero attached hydrogens (tertiary/aromatic N) is 2. The van der Waals surface area contributed by atoms with Crippen LogP contribution in [0.15, 0.2) is 76.5 Å². The number of amides is 1. The highest BCUT2D eigenvalue weighted by atomic mass is 32.2. The van der Waals surface area contributed by atoms with E-state index in [0.29, 0.717) is 19.4 Å². The van der Waals surface area contributed by atoms with Crippen molar-refractivity contribution in [1.82, 2.24) is 9.21 Å². The van der Waals surface area contributed by atoms with Crippen LogP contribution in [0.2, 0.25) is 0 Å². The summed E-state index contributed by atoms with van der Waals surface area (Å²) >= 11 is 0. The van der Waals surface area contributed by atoms with E-state index in [-0.39, 0.29) is 58.5 Å². The van der Waals surface area contributed by atoms with Crippen LogP contribution >= 0.6 is 0 Å². The number of carbonyl (C=O) groups is 1. The molecule has 1 amide bonds. The van der Waals surface area contributed by atoms with Crippen molar-refractivity contribution < 1.29 is 40.6 Å². The van der Waals surface area contributed by atoms with Gasteiger partial charge in [0.1, 0.15) is 11.6 Å². The van der Waals surface area contributed by atoms with Gasteiger partial charge in [0, 0.05) is 38.3 Å². The molecule has 4 atom stereocenters. The molecule has 49 heavy (non-hydrogen) atoms. The summed E-state index contributed by atoms with van der Waals surface area (Å²) in [5.41, 5.74) is 1.10. The Labute approximate surface area is 289 Å². The van der Waals surface area contributed by atoms with Gasteiger partial charge >= 0.3 is 0 Å². The van der Waals surface area contributed by atoms with Crippen LogP contribution in [0.25, 0.3) is 0 Å². The Bertz CT molecular complexity index is 1790. The van der Waals surface area contributed by atoms with Gasteiger partial charge in [-0.1, -0.05) is 24.6 Å². The summed E-state index contributed by atoms with van der Waals surface area (Å²) in [7, 11) is -6.46. The van der Waals surface area contributed by atoms with Crippen LogP contribution in [0.4, 0.5) is 10.1 Å². The van der Waals surface area contributed by atoms with Gasteiger partial charge in [-0.15, -0.1) is 0 Å². The number of halogens is 1. The van der Waals surface area contributed by atoms with Crippen molar-refractivity contribution in [3.8, 4) is 5.75 Å². The van der Waals surface area contributed by atoms with Crippen molar-refractivity contribution >= 4 is 31.6 Å². The summed E-state index contributed by atoms with van der Waals surface area (Å²) in [4.78, 5) is 15.8. The maximum atomic E-state index is 14.4. The molecule has 4 rings (SSSR count). The lowest BCUT2D eigenvalue weighted by Crippen LogP contribution is -2.48.